The van der Waals surface area contributed by atoms with E-state index in [1.807, 2.05) is 0 Å². The molecule has 0 aliphatic heterocycles. The number of halogens is 1. The Labute approximate surface area is 84.9 Å². The van der Waals surface area contributed by atoms with Crippen LogP contribution in [0.2, 0.25) is 0 Å². The third-order valence-electron chi connectivity index (χ3n) is 1.83. The normalized spacial score (nSPS) is 10.5. The van der Waals surface area contributed by atoms with E-state index < -0.39 is 5.82 Å². The second-order valence-electron chi connectivity index (χ2n) is 2.88. The number of pyridine rings is 1. The number of aromatic nitrogens is 5. The number of rotatable bonds is 3. The standard InChI is InChI=1S/C8H9FN6/c9-6-1-2-7(11-5-6)8-12-13-14-15(8)4-3-10/h1-2,5H,3-4,10H2. The van der Waals surface area contributed by atoms with Crippen LogP contribution in [0.25, 0.3) is 11.5 Å². The van der Waals surface area contributed by atoms with Gasteiger partial charge < -0.3 is 5.73 Å². The Hall–Kier alpha value is -1.89. The average Bonchev–Trinajstić information content (AvgIpc) is 2.68. The van der Waals surface area contributed by atoms with E-state index >= 15 is 0 Å². The molecular formula is C8H9FN6. The van der Waals surface area contributed by atoms with E-state index in [4.69, 9.17) is 5.73 Å². The predicted molar refractivity (Wildman–Crippen MR) is 50.1 cm³/mol. The summed E-state index contributed by atoms with van der Waals surface area (Å²) in [5.41, 5.74) is 5.92. The van der Waals surface area contributed by atoms with Crippen molar-refractivity contribution in [3.05, 3.63) is 24.1 Å². The van der Waals surface area contributed by atoms with Crippen LogP contribution in [0.3, 0.4) is 0 Å². The second kappa shape index (κ2) is 4.09. The monoisotopic (exact) mass is 208 g/mol. The molecule has 0 spiro atoms. The van der Waals surface area contributed by atoms with Gasteiger partial charge in [0.2, 0.25) is 5.82 Å². The van der Waals surface area contributed by atoms with Crippen LogP contribution in [-0.2, 0) is 6.54 Å². The minimum absolute atomic E-state index is 0.392. The lowest BCUT2D eigenvalue weighted by Crippen LogP contribution is -2.12. The maximum atomic E-state index is 12.6. The average molecular weight is 208 g/mol. The molecule has 0 atom stereocenters. The van der Waals surface area contributed by atoms with Gasteiger partial charge in [-0.15, -0.1) is 5.10 Å². The van der Waals surface area contributed by atoms with Gasteiger partial charge in [0.1, 0.15) is 11.5 Å². The smallest absolute Gasteiger partial charge is 0.200 e. The lowest BCUT2D eigenvalue weighted by Gasteiger charge is -2.01. The molecular weight excluding hydrogens is 199 g/mol. The van der Waals surface area contributed by atoms with Gasteiger partial charge in [-0.25, -0.2) is 14.1 Å². The lowest BCUT2D eigenvalue weighted by atomic mass is 10.3. The molecule has 2 aromatic heterocycles. The van der Waals surface area contributed by atoms with Gasteiger partial charge in [-0.1, -0.05) is 0 Å². The fourth-order valence-electron chi connectivity index (χ4n) is 1.17. The van der Waals surface area contributed by atoms with Crippen LogP contribution < -0.4 is 5.73 Å². The Kier molecular flexibility index (Phi) is 2.64. The zero-order chi connectivity index (χ0) is 10.7. The molecule has 0 unspecified atom stereocenters. The van der Waals surface area contributed by atoms with E-state index in [-0.39, 0.29) is 0 Å². The van der Waals surface area contributed by atoms with Gasteiger partial charge in [-0.05, 0) is 22.6 Å². The third-order valence-corrected chi connectivity index (χ3v) is 1.83. The van der Waals surface area contributed by atoms with Crippen molar-refractivity contribution in [1.82, 2.24) is 25.2 Å². The predicted octanol–water partition coefficient (Wildman–Crippen LogP) is -0.167. The largest absolute Gasteiger partial charge is 0.329 e. The summed E-state index contributed by atoms with van der Waals surface area (Å²) in [5.74, 6) is 0.0945. The Morgan fingerprint density at radius 1 is 1.40 bits per heavy atom. The van der Waals surface area contributed by atoms with Crippen LogP contribution in [0.1, 0.15) is 0 Å². The molecule has 2 aromatic rings. The zero-order valence-corrected chi connectivity index (χ0v) is 7.84. The highest BCUT2D eigenvalue weighted by Gasteiger charge is 2.09. The van der Waals surface area contributed by atoms with Crippen molar-refractivity contribution in [2.75, 3.05) is 6.54 Å². The maximum Gasteiger partial charge on any atom is 0.200 e. The Morgan fingerprint density at radius 2 is 2.27 bits per heavy atom. The Morgan fingerprint density at radius 3 is 2.93 bits per heavy atom. The van der Waals surface area contributed by atoms with Crippen molar-refractivity contribution >= 4 is 0 Å². The van der Waals surface area contributed by atoms with Crippen molar-refractivity contribution in [3.8, 4) is 11.5 Å². The van der Waals surface area contributed by atoms with Crippen molar-refractivity contribution in [1.29, 1.82) is 0 Å². The van der Waals surface area contributed by atoms with Gasteiger partial charge in [-0.2, -0.15) is 0 Å². The summed E-state index contributed by atoms with van der Waals surface area (Å²) in [7, 11) is 0. The van der Waals surface area contributed by atoms with Crippen molar-refractivity contribution in [3.63, 3.8) is 0 Å². The van der Waals surface area contributed by atoms with Crippen LogP contribution in [0.5, 0.6) is 0 Å². The molecule has 0 saturated heterocycles. The number of nitrogens with two attached hydrogens (primary N) is 1. The summed E-state index contributed by atoms with van der Waals surface area (Å²) in [6.45, 7) is 0.931. The fourth-order valence-corrected chi connectivity index (χ4v) is 1.17. The van der Waals surface area contributed by atoms with Gasteiger partial charge in [0.25, 0.3) is 0 Å². The van der Waals surface area contributed by atoms with Crippen molar-refractivity contribution in [2.24, 2.45) is 5.73 Å². The number of hydrogen-bond acceptors (Lipinski definition) is 5. The Balaban J connectivity index is 2.36. The summed E-state index contributed by atoms with van der Waals surface area (Å²) >= 11 is 0. The molecule has 2 N–H and O–H groups in total. The summed E-state index contributed by atoms with van der Waals surface area (Å²) in [4.78, 5) is 3.88. The van der Waals surface area contributed by atoms with Gasteiger partial charge >= 0.3 is 0 Å². The van der Waals surface area contributed by atoms with Crippen LogP contribution in [0.4, 0.5) is 4.39 Å². The lowest BCUT2D eigenvalue weighted by molar-refractivity contribution is 0.600. The molecule has 0 aliphatic rings. The van der Waals surface area contributed by atoms with Crippen LogP contribution in [-0.4, -0.2) is 31.7 Å². The first-order valence-corrected chi connectivity index (χ1v) is 4.39. The number of hydrogen-bond donors (Lipinski definition) is 1. The van der Waals surface area contributed by atoms with Crippen LogP contribution >= 0.6 is 0 Å². The summed E-state index contributed by atoms with van der Waals surface area (Å²) in [5, 5.41) is 11.1. The van der Waals surface area contributed by atoms with Gasteiger partial charge in [0.15, 0.2) is 0 Å². The fraction of sp³-hybridized carbons (Fsp3) is 0.250. The zero-order valence-electron chi connectivity index (χ0n) is 7.84. The minimum Gasteiger partial charge on any atom is -0.329 e. The second-order valence-corrected chi connectivity index (χ2v) is 2.88. The maximum absolute atomic E-state index is 12.6. The van der Waals surface area contributed by atoms with Gasteiger partial charge in [-0.3, -0.25) is 0 Å². The Bertz CT molecular complexity index is 437. The molecule has 15 heavy (non-hydrogen) atoms. The van der Waals surface area contributed by atoms with E-state index in [0.717, 1.165) is 6.20 Å². The highest BCUT2D eigenvalue weighted by atomic mass is 19.1. The molecule has 6 nitrogen and oxygen atoms in total. The van der Waals surface area contributed by atoms with Crippen LogP contribution in [0, 0.1) is 5.82 Å². The first-order valence-electron chi connectivity index (χ1n) is 4.39. The van der Waals surface area contributed by atoms with E-state index in [1.54, 1.807) is 0 Å². The summed E-state index contributed by atoms with van der Waals surface area (Å²) < 4.78 is 14.2. The van der Waals surface area contributed by atoms with Crippen molar-refractivity contribution < 1.29 is 4.39 Å². The quantitative estimate of drug-likeness (QED) is 0.757. The van der Waals surface area contributed by atoms with E-state index in [2.05, 4.69) is 20.5 Å². The van der Waals surface area contributed by atoms with E-state index in [9.17, 15) is 4.39 Å². The molecule has 0 bridgehead atoms. The molecule has 0 amide bonds. The van der Waals surface area contributed by atoms with E-state index in [1.165, 1.54) is 16.8 Å². The highest BCUT2D eigenvalue weighted by Crippen LogP contribution is 2.11. The number of tetrazole rings is 1. The SMILES string of the molecule is NCCn1nnnc1-c1ccc(F)cn1. The highest BCUT2D eigenvalue weighted by molar-refractivity contribution is 5.47. The minimum atomic E-state index is -0.392. The molecule has 0 fully saturated rings. The molecule has 0 aliphatic carbocycles. The van der Waals surface area contributed by atoms with Gasteiger partial charge in [0.05, 0.1) is 12.7 Å². The van der Waals surface area contributed by atoms with Gasteiger partial charge in [0, 0.05) is 6.54 Å². The summed E-state index contributed by atoms with van der Waals surface area (Å²) in [6, 6.07) is 2.83. The molecule has 0 saturated carbocycles. The molecule has 0 radical (unpaired) electrons. The molecule has 78 valence electrons. The molecule has 0 aromatic carbocycles. The molecule has 2 rings (SSSR count). The number of nitrogens with zero attached hydrogens (tertiary/aromatic N) is 5. The van der Waals surface area contributed by atoms with Crippen LogP contribution in [0.15, 0.2) is 18.3 Å². The van der Waals surface area contributed by atoms with Crippen molar-refractivity contribution in [2.45, 2.75) is 6.54 Å². The first-order chi connectivity index (χ1) is 7.31. The third kappa shape index (κ3) is 1.96. The van der Waals surface area contributed by atoms with E-state index in [0.29, 0.717) is 24.6 Å². The molecule has 7 heteroatoms. The first kappa shape index (κ1) is 9.66. The molecule has 2 heterocycles. The topological polar surface area (TPSA) is 82.5 Å². The summed E-state index contributed by atoms with van der Waals surface area (Å²) in [6.07, 6.45) is 1.12.